The number of hydrogen-bond acceptors (Lipinski definition) is 6. The van der Waals surface area contributed by atoms with Gasteiger partial charge in [-0.3, -0.25) is 9.59 Å². The SMILES string of the molecule is CCCCCCCCCCCCCCCC(=O)OCC(COCO)OC(=O)CCCCCCCCCCCCCCC. The van der Waals surface area contributed by atoms with Crippen molar-refractivity contribution < 1.29 is 28.9 Å². The Kier molecular flexibility index (Phi) is 33.4. The van der Waals surface area contributed by atoms with Crippen molar-refractivity contribution >= 4 is 11.9 Å². The van der Waals surface area contributed by atoms with E-state index >= 15 is 0 Å². The van der Waals surface area contributed by atoms with Crippen LogP contribution in [-0.4, -0.2) is 43.2 Å². The number of carbonyl (C=O) groups is 2. The molecule has 0 aliphatic heterocycles. The standard InChI is InChI=1S/C36H70O6/c1-3-5-7-9-11-13-15-17-19-21-23-25-27-29-35(38)41-32-34(31-40-33-37)42-36(39)30-28-26-24-22-20-18-16-14-12-10-8-6-4-2/h34,37H,3-33H2,1-2H3. The number of unbranched alkanes of at least 4 members (excludes halogenated alkanes) is 24. The summed E-state index contributed by atoms with van der Waals surface area (Å²) < 4.78 is 15.9. The van der Waals surface area contributed by atoms with E-state index < -0.39 is 12.9 Å². The van der Waals surface area contributed by atoms with Crippen LogP contribution < -0.4 is 0 Å². The molecule has 6 nitrogen and oxygen atoms in total. The third-order valence-electron chi connectivity index (χ3n) is 8.09. The minimum atomic E-state index is -0.679. The Labute approximate surface area is 260 Å². The predicted molar refractivity (Wildman–Crippen MR) is 175 cm³/mol. The molecule has 0 heterocycles. The van der Waals surface area contributed by atoms with Crippen molar-refractivity contribution in [1.29, 1.82) is 0 Å². The first-order chi connectivity index (χ1) is 20.6. The van der Waals surface area contributed by atoms with Crippen LogP contribution in [-0.2, 0) is 23.8 Å². The highest BCUT2D eigenvalue weighted by Gasteiger charge is 2.17. The van der Waals surface area contributed by atoms with Crippen molar-refractivity contribution in [2.24, 2.45) is 0 Å². The second-order valence-electron chi connectivity index (χ2n) is 12.3. The molecule has 0 aromatic carbocycles. The third-order valence-corrected chi connectivity index (χ3v) is 8.09. The number of ether oxygens (including phenoxy) is 3. The molecule has 42 heavy (non-hydrogen) atoms. The summed E-state index contributed by atoms with van der Waals surface area (Å²) in [6.07, 6.45) is 32.9. The minimum Gasteiger partial charge on any atom is -0.462 e. The Balaban J connectivity index is 3.73. The topological polar surface area (TPSA) is 82.1 Å². The summed E-state index contributed by atoms with van der Waals surface area (Å²) >= 11 is 0. The lowest BCUT2D eigenvalue weighted by Gasteiger charge is -2.17. The number of rotatable bonds is 34. The zero-order valence-electron chi connectivity index (χ0n) is 28.0. The smallest absolute Gasteiger partial charge is 0.306 e. The van der Waals surface area contributed by atoms with E-state index in [2.05, 4.69) is 13.8 Å². The summed E-state index contributed by atoms with van der Waals surface area (Å²) in [5.41, 5.74) is 0. The van der Waals surface area contributed by atoms with Gasteiger partial charge in [0.1, 0.15) is 13.4 Å². The number of carbonyl (C=O) groups excluding carboxylic acids is 2. The Morgan fingerprint density at radius 2 is 0.810 bits per heavy atom. The van der Waals surface area contributed by atoms with Crippen molar-refractivity contribution in [3.63, 3.8) is 0 Å². The lowest BCUT2D eigenvalue weighted by atomic mass is 10.0. The van der Waals surface area contributed by atoms with E-state index in [-0.39, 0.29) is 25.2 Å². The normalized spacial score (nSPS) is 12.0. The zero-order chi connectivity index (χ0) is 30.8. The molecule has 0 rings (SSSR count). The summed E-state index contributed by atoms with van der Waals surface area (Å²) in [5, 5.41) is 8.98. The number of aliphatic hydroxyl groups excluding tert-OH is 1. The molecule has 0 aliphatic carbocycles. The van der Waals surface area contributed by atoms with Gasteiger partial charge in [0.15, 0.2) is 6.10 Å². The van der Waals surface area contributed by atoms with Crippen LogP contribution in [0.2, 0.25) is 0 Å². The monoisotopic (exact) mass is 599 g/mol. The third kappa shape index (κ3) is 31.8. The lowest BCUT2D eigenvalue weighted by molar-refractivity contribution is -0.165. The number of aliphatic hydroxyl groups is 1. The second kappa shape index (κ2) is 34.4. The van der Waals surface area contributed by atoms with Crippen LogP contribution in [0.5, 0.6) is 0 Å². The van der Waals surface area contributed by atoms with Gasteiger partial charge in [-0.25, -0.2) is 0 Å². The summed E-state index contributed by atoms with van der Waals surface area (Å²) in [6, 6.07) is 0. The molecule has 0 radical (unpaired) electrons. The molecule has 1 N–H and O–H groups in total. The van der Waals surface area contributed by atoms with Gasteiger partial charge in [0.25, 0.3) is 0 Å². The molecule has 6 heteroatoms. The van der Waals surface area contributed by atoms with Gasteiger partial charge in [-0.05, 0) is 12.8 Å². The molecule has 0 amide bonds. The van der Waals surface area contributed by atoms with Crippen molar-refractivity contribution in [2.45, 2.75) is 200 Å². The highest BCUT2D eigenvalue weighted by molar-refractivity contribution is 5.70. The largest absolute Gasteiger partial charge is 0.462 e. The van der Waals surface area contributed by atoms with Gasteiger partial charge in [0, 0.05) is 12.8 Å². The van der Waals surface area contributed by atoms with E-state index in [0.717, 1.165) is 38.5 Å². The maximum absolute atomic E-state index is 12.3. The summed E-state index contributed by atoms with van der Waals surface area (Å²) in [7, 11) is 0. The molecule has 250 valence electrons. The molecule has 1 atom stereocenters. The maximum atomic E-state index is 12.3. The van der Waals surface area contributed by atoms with Crippen LogP contribution >= 0.6 is 0 Å². The average molecular weight is 599 g/mol. The molecule has 0 aliphatic rings. The minimum absolute atomic E-state index is 0.0207. The first-order valence-electron chi connectivity index (χ1n) is 18.2. The molecule has 0 aromatic heterocycles. The van der Waals surface area contributed by atoms with Gasteiger partial charge in [-0.2, -0.15) is 0 Å². The fourth-order valence-electron chi connectivity index (χ4n) is 5.38. The Morgan fingerprint density at radius 1 is 0.476 bits per heavy atom. The van der Waals surface area contributed by atoms with Gasteiger partial charge < -0.3 is 19.3 Å². The van der Waals surface area contributed by atoms with Crippen molar-refractivity contribution in [2.75, 3.05) is 20.0 Å². The van der Waals surface area contributed by atoms with Gasteiger partial charge >= 0.3 is 11.9 Å². The molecule has 0 saturated carbocycles. The molecule has 0 saturated heterocycles. The first-order valence-corrected chi connectivity index (χ1v) is 18.2. The van der Waals surface area contributed by atoms with Crippen LogP contribution in [0.15, 0.2) is 0 Å². The lowest BCUT2D eigenvalue weighted by Crippen LogP contribution is -2.30. The predicted octanol–water partition coefficient (Wildman–Crippen LogP) is 10.4. The Hall–Kier alpha value is -1.14. The maximum Gasteiger partial charge on any atom is 0.306 e. The molecule has 0 aromatic rings. The highest BCUT2D eigenvalue weighted by atomic mass is 16.6. The fraction of sp³-hybridized carbons (Fsp3) is 0.944. The van der Waals surface area contributed by atoms with Gasteiger partial charge in [-0.1, -0.05) is 168 Å². The second-order valence-corrected chi connectivity index (χ2v) is 12.3. The number of hydrogen-bond donors (Lipinski definition) is 1. The van der Waals surface area contributed by atoms with Crippen LogP contribution in [0, 0.1) is 0 Å². The molecular weight excluding hydrogens is 528 g/mol. The van der Waals surface area contributed by atoms with E-state index in [4.69, 9.17) is 19.3 Å². The molecule has 0 bridgehead atoms. The molecular formula is C36H70O6. The van der Waals surface area contributed by atoms with Crippen molar-refractivity contribution in [1.82, 2.24) is 0 Å². The average Bonchev–Trinajstić information content (AvgIpc) is 2.99. The van der Waals surface area contributed by atoms with Gasteiger partial charge in [0.2, 0.25) is 0 Å². The van der Waals surface area contributed by atoms with Crippen LogP contribution in [0.25, 0.3) is 0 Å². The van der Waals surface area contributed by atoms with Crippen molar-refractivity contribution in [3.8, 4) is 0 Å². The van der Waals surface area contributed by atoms with E-state index in [1.807, 2.05) is 0 Å². The number of esters is 2. The molecule has 1 unspecified atom stereocenters. The van der Waals surface area contributed by atoms with E-state index in [1.54, 1.807) is 0 Å². The van der Waals surface area contributed by atoms with Gasteiger partial charge in [-0.15, -0.1) is 0 Å². The summed E-state index contributed by atoms with van der Waals surface area (Å²) in [6.45, 7) is 4.05. The van der Waals surface area contributed by atoms with E-state index in [1.165, 1.54) is 128 Å². The first kappa shape index (κ1) is 40.9. The Morgan fingerprint density at radius 3 is 1.17 bits per heavy atom. The zero-order valence-corrected chi connectivity index (χ0v) is 28.0. The van der Waals surface area contributed by atoms with Crippen LogP contribution in [0.4, 0.5) is 0 Å². The van der Waals surface area contributed by atoms with Crippen molar-refractivity contribution in [3.05, 3.63) is 0 Å². The molecule has 0 spiro atoms. The fourth-order valence-corrected chi connectivity index (χ4v) is 5.38. The van der Waals surface area contributed by atoms with Crippen LogP contribution in [0.1, 0.15) is 194 Å². The quantitative estimate of drug-likeness (QED) is 0.0451. The van der Waals surface area contributed by atoms with Crippen LogP contribution in [0.3, 0.4) is 0 Å². The summed E-state index contributed by atoms with van der Waals surface area (Å²) in [5.74, 6) is -0.559. The van der Waals surface area contributed by atoms with E-state index in [0.29, 0.717) is 12.8 Å². The summed E-state index contributed by atoms with van der Waals surface area (Å²) in [4.78, 5) is 24.5. The van der Waals surface area contributed by atoms with Gasteiger partial charge in [0.05, 0.1) is 6.61 Å². The Bertz CT molecular complexity index is 567. The molecule has 0 fully saturated rings. The highest BCUT2D eigenvalue weighted by Crippen LogP contribution is 2.15. The van der Waals surface area contributed by atoms with E-state index in [9.17, 15) is 9.59 Å².